The average molecular weight is 833 g/mol. The molecule has 57 heavy (non-hydrogen) atoms. The van der Waals surface area contributed by atoms with Crippen molar-refractivity contribution in [3.63, 3.8) is 0 Å². The maximum atomic E-state index is 17.0. The molecule has 0 unspecified atom stereocenters. The molecule has 0 atom stereocenters. The number of halogens is 10. The maximum Gasteiger partial charge on any atom is 0.254 e. The summed E-state index contributed by atoms with van der Waals surface area (Å²) >= 11 is 0. The van der Waals surface area contributed by atoms with Crippen LogP contribution in [0.15, 0.2) is 60.1 Å². The van der Waals surface area contributed by atoms with E-state index in [1.165, 1.54) is 0 Å². The zero-order chi connectivity index (χ0) is 42.3. The Balaban J connectivity index is 2.04. The van der Waals surface area contributed by atoms with E-state index >= 15 is 35.1 Å². The Morgan fingerprint density at radius 2 is 0.860 bits per heavy atom. The van der Waals surface area contributed by atoms with Crippen LogP contribution in [-0.2, 0) is 4.44 Å². The summed E-state index contributed by atoms with van der Waals surface area (Å²) in [6.07, 6.45) is -5.20. The van der Waals surface area contributed by atoms with Gasteiger partial charge in [0, 0.05) is 0 Å². The van der Waals surface area contributed by atoms with E-state index in [0.717, 1.165) is 11.1 Å². The van der Waals surface area contributed by atoms with Crippen molar-refractivity contribution in [3.05, 3.63) is 157 Å². The van der Waals surface area contributed by atoms with Crippen LogP contribution in [0.3, 0.4) is 0 Å². The standard InChI is InChI=1S/C43H40BF10OPSi/c1-21-17-23(3)41(24(4)18-21)56(42-25(5)19-22(2)20-26(42)6)16-15-28(43(57(7,8)9)27-13-11-10-12-14-27)44(55-56,29-31(45)35(49)39(53)36(50)32(29)46)30-33(47)37(51)40(54)38(52)34(30)48/h10-14,17-20H,15-16H2,1-9H3/b43-28-. The van der Waals surface area contributed by atoms with Crippen molar-refractivity contribution in [2.45, 2.75) is 67.6 Å². The summed E-state index contributed by atoms with van der Waals surface area (Å²) in [5.74, 6) is -25.2. The molecule has 0 aliphatic carbocycles. The van der Waals surface area contributed by atoms with Gasteiger partial charge in [0.05, 0.1) is 14.2 Å². The summed E-state index contributed by atoms with van der Waals surface area (Å²) in [5, 5.41) is 1.11. The van der Waals surface area contributed by atoms with Gasteiger partial charge in [0.25, 0.3) is 6.35 Å². The van der Waals surface area contributed by atoms with Crippen LogP contribution >= 0.6 is 7.49 Å². The van der Waals surface area contributed by atoms with Crippen molar-refractivity contribution in [2.75, 3.05) is 6.16 Å². The van der Waals surface area contributed by atoms with Gasteiger partial charge in [0.1, 0.15) is 33.9 Å². The minimum atomic E-state index is -4.81. The Morgan fingerprint density at radius 1 is 0.526 bits per heavy atom. The number of hydrogen-bond donors (Lipinski definition) is 0. The molecule has 1 aliphatic heterocycles. The normalized spacial score (nSPS) is 16.3. The molecule has 0 spiro atoms. The fourth-order valence-electron chi connectivity index (χ4n) is 9.38. The minimum absolute atomic E-state index is 0.0348. The highest BCUT2D eigenvalue weighted by atomic mass is 31.2. The molecule has 5 aromatic carbocycles. The molecule has 0 saturated carbocycles. The fraction of sp³-hybridized carbons (Fsp3) is 0.256. The van der Waals surface area contributed by atoms with Crippen molar-refractivity contribution < 1.29 is 48.3 Å². The second-order valence-electron chi connectivity index (χ2n) is 16.1. The van der Waals surface area contributed by atoms with Crippen LogP contribution in [0.4, 0.5) is 43.9 Å². The van der Waals surface area contributed by atoms with E-state index in [0.29, 0.717) is 38.4 Å². The number of allylic oxidation sites excluding steroid dienone is 1. The van der Waals surface area contributed by atoms with Crippen LogP contribution in [-0.4, -0.2) is 20.6 Å². The minimum Gasteiger partial charge on any atom is -0.417 e. The third-order valence-corrected chi connectivity index (χ3v) is 17.4. The predicted molar refractivity (Wildman–Crippen MR) is 212 cm³/mol. The predicted octanol–water partition coefficient (Wildman–Crippen LogP) is 10.9. The summed E-state index contributed by atoms with van der Waals surface area (Å²) in [6, 6.07) is 15.2. The number of hydrogen-bond acceptors (Lipinski definition) is 1. The molecule has 6 rings (SSSR count). The van der Waals surface area contributed by atoms with Crippen LogP contribution in [0.5, 0.6) is 0 Å². The summed E-state index contributed by atoms with van der Waals surface area (Å²) in [4.78, 5) is 0. The Hall–Kier alpha value is -4.19. The maximum absolute atomic E-state index is 17.0. The van der Waals surface area contributed by atoms with Gasteiger partial charge < -0.3 is 4.44 Å². The lowest BCUT2D eigenvalue weighted by Crippen LogP contribution is -2.70. The van der Waals surface area contributed by atoms with E-state index < -0.39 is 91.0 Å². The lowest BCUT2D eigenvalue weighted by Gasteiger charge is -2.54. The second kappa shape index (κ2) is 14.9. The quantitative estimate of drug-likeness (QED) is 0.0545. The molecule has 1 fully saturated rings. The summed E-state index contributed by atoms with van der Waals surface area (Å²) in [6.45, 7) is 15.9. The molecule has 1 saturated heterocycles. The van der Waals surface area contributed by atoms with Gasteiger partial charge in [-0.15, -0.1) is 0 Å². The summed E-state index contributed by atoms with van der Waals surface area (Å²) in [7, 11) is -7.02. The Morgan fingerprint density at radius 3 is 1.19 bits per heavy atom. The Bertz CT molecular complexity index is 2280. The highest BCUT2D eigenvalue weighted by molar-refractivity contribution is 7.87. The largest absolute Gasteiger partial charge is 0.417 e. The van der Waals surface area contributed by atoms with Gasteiger partial charge in [-0.05, 0) is 75.8 Å². The highest BCUT2D eigenvalue weighted by Gasteiger charge is 2.61. The lowest BCUT2D eigenvalue weighted by molar-refractivity contribution is 0.378. The molecule has 5 aromatic rings. The van der Waals surface area contributed by atoms with Crippen molar-refractivity contribution in [1.29, 1.82) is 0 Å². The van der Waals surface area contributed by atoms with E-state index in [1.807, 2.05) is 13.8 Å². The van der Waals surface area contributed by atoms with Crippen molar-refractivity contribution in [3.8, 4) is 0 Å². The summed E-state index contributed by atoms with van der Waals surface area (Å²) in [5.41, 5.74) is 0.238. The van der Waals surface area contributed by atoms with E-state index in [1.54, 1.807) is 102 Å². The number of aryl methyl sites for hydroxylation is 6. The molecule has 0 amide bonds. The van der Waals surface area contributed by atoms with Crippen molar-refractivity contribution in [2.24, 2.45) is 0 Å². The molecule has 0 aromatic heterocycles. The fourth-order valence-corrected chi connectivity index (χ4v) is 16.7. The molecular formula is C43H40BF10OPSi. The molecule has 0 radical (unpaired) electrons. The third-order valence-electron chi connectivity index (χ3n) is 11.0. The molecular weight excluding hydrogens is 792 g/mol. The molecule has 0 bridgehead atoms. The van der Waals surface area contributed by atoms with Crippen LogP contribution in [0.1, 0.15) is 45.4 Å². The van der Waals surface area contributed by atoms with Crippen molar-refractivity contribution in [1.82, 2.24) is 0 Å². The van der Waals surface area contributed by atoms with Crippen LogP contribution in [0, 0.1) is 99.7 Å². The molecule has 1 nitrogen and oxygen atoms in total. The van der Waals surface area contributed by atoms with Crippen LogP contribution < -0.4 is 21.5 Å². The lowest BCUT2D eigenvalue weighted by atomic mass is 9.27. The first-order chi connectivity index (χ1) is 26.5. The number of benzene rings is 5. The smallest absolute Gasteiger partial charge is 0.254 e. The van der Waals surface area contributed by atoms with Gasteiger partial charge in [0.2, 0.25) is 0 Å². The van der Waals surface area contributed by atoms with Crippen molar-refractivity contribution >= 4 is 48.6 Å². The van der Waals surface area contributed by atoms with Crippen LogP contribution in [0.25, 0.3) is 5.20 Å². The van der Waals surface area contributed by atoms with Gasteiger partial charge >= 0.3 is 0 Å². The first-order valence-electron chi connectivity index (χ1n) is 18.3. The zero-order valence-corrected chi connectivity index (χ0v) is 34.7. The Kier molecular flexibility index (Phi) is 11.1. The second-order valence-corrected chi connectivity index (χ2v) is 24.1. The van der Waals surface area contributed by atoms with Gasteiger partial charge in [0.15, 0.2) is 42.4 Å². The molecule has 300 valence electrons. The monoisotopic (exact) mass is 832 g/mol. The van der Waals surface area contributed by atoms with Crippen LogP contribution in [0.2, 0.25) is 19.6 Å². The van der Waals surface area contributed by atoms with Gasteiger partial charge in [-0.3, -0.25) is 0 Å². The zero-order valence-electron chi connectivity index (χ0n) is 32.8. The SMILES string of the molecule is Cc1cc(C)c([P+]2(c3c(C)cc(C)cc3C)CC/C(=C(\c3ccccc3)[Si](C)(C)C)[B-](c3c(F)c(F)c(F)c(F)c3F)(c3c(F)c(F)c(F)c(F)c3F)O2)c(C)c1. The third kappa shape index (κ3) is 6.58. The van der Waals surface area contributed by atoms with E-state index in [9.17, 15) is 8.78 Å². The molecule has 1 aliphatic rings. The van der Waals surface area contributed by atoms with E-state index in [-0.39, 0.29) is 23.3 Å². The molecule has 14 heteroatoms. The number of rotatable bonds is 6. The topological polar surface area (TPSA) is 9.23 Å². The molecule has 0 N–H and O–H groups in total. The first kappa shape index (κ1) is 42.4. The van der Waals surface area contributed by atoms with Gasteiger partial charge in [-0.1, -0.05) is 101 Å². The molecule has 1 heterocycles. The van der Waals surface area contributed by atoms with E-state index in [4.69, 9.17) is 4.44 Å². The summed E-state index contributed by atoms with van der Waals surface area (Å²) < 4.78 is 168. The first-order valence-corrected chi connectivity index (χ1v) is 23.7. The van der Waals surface area contributed by atoms with Gasteiger partial charge in [-0.25, -0.2) is 43.9 Å². The highest BCUT2D eigenvalue weighted by Crippen LogP contribution is 2.67. The Labute approximate surface area is 327 Å². The van der Waals surface area contributed by atoms with Gasteiger partial charge in [-0.2, -0.15) is 5.47 Å². The average Bonchev–Trinajstić information content (AvgIpc) is 3.11. The van der Waals surface area contributed by atoms with E-state index in [2.05, 4.69) is 0 Å².